The van der Waals surface area contributed by atoms with Gasteiger partial charge in [0.1, 0.15) is 11.3 Å². The molecule has 1 atom stereocenters. The zero-order valence-electron chi connectivity index (χ0n) is 13.0. The van der Waals surface area contributed by atoms with Crippen LogP contribution in [-0.4, -0.2) is 23.4 Å². The van der Waals surface area contributed by atoms with Crippen molar-refractivity contribution in [3.8, 4) is 5.75 Å². The molecular formula is C17H15Cl2F3O3. The Morgan fingerprint density at radius 2 is 1.80 bits per heavy atom. The molecule has 0 aromatic heterocycles. The van der Waals surface area contributed by atoms with Crippen molar-refractivity contribution < 1.29 is 27.8 Å². The Morgan fingerprint density at radius 3 is 2.36 bits per heavy atom. The van der Waals surface area contributed by atoms with Gasteiger partial charge < -0.3 is 9.84 Å². The van der Waals surface area contributed by atoms with Crippen molar-refractivity contribution in [2.24, 2.45) is 0 Å². The van der Waals surface area contributed by atoms with Gasteiger partial charge in [-0.2, -0.15) is 13.2 Å². The fourth-order valence-corrected chi connectivity index (χ4v) is 4.09. The van der Waals surface area contributed by atoms with Crippen LogP contribution in [0.4, 0.5) is 13.2 Å². The third kappa shape index (κ3) is 3.47. The fourth-order valence-electron chi connectivity index (χ4n) is 3.45. The first kappa shape index (κ1) is 18.4. The highest BCUT2D eigenvalue weighted by Gasteiger charge is 2.50. The molecule has 0 amide bonds. The summed E-state index contributed by atoms with van der Waals surface area (Å²) in [4.78, 5) is 11.3. The van der Waals surface area contributed by atoms with E-state index in [4.69, 9.17) is 33.0 Å². The van der Waals surface area contributed by atoms with Gasteiger partial charge in [0.15, 0.2) is 0 Å². The molecular weight excluding hydrogens is 380 g/mol. The lowest BCUT2D eigenvalue weighted by atomic mass is 9.83. The minimum Gasteiger partial charge on any atom is -0.478 e. The zero-order chi connectivity index (χ0) is 18.4. The van der Waals surface area contributed by atoms with E-state index >= 15 is 0 Å². The maximum Gasteiger partial charge on any atom is 0.430 e. The van der Waals surface area contributed by atoms with Gasteiger partial charge in [0.05, 0.1) is 5.03 Å². The Balaban J connectivity index is 2.10. The van der Waals surface area contributed by atoms with Gasteiger partial charge in [0.2, 0.25) is 6.10 Å². The SMILES string of the molecule is O=C(O)C1=C(Cl)c2cc(Cl)c(C3CCCCC3)cc2OC1C(F)(F)F. The van der Waals surface area contributed by atoms with Crippen LogP contribution in [0.25, 0.3) is 5.03 Å². The summed E-state index contributed by atoms with van der Waals surface area (Å²) in [6.07, 6.45) is -2.48. The van der Waals surface area contributed by atoms with Crippen molar-refractivity contribution in [1.29, 1.82) is 0 Å². The molecule has 1 aliphatic carbocycles. The van der Waals surface area contributed by atoms with E-state index < -0.39 is 28.9 Å². The van der Waals surface area contributed by atoms with Crippen LogP contribution < -0.4 is 4.74 Å². The van der Waals surface area contributed by atoms with Crippen molar-refractivity contribution in [2.75, 3.05) is 0 Å². The predicted molar refractivity (Wildman–Crippen MR) is 88.2 cm³/mol. The fraction of sp³-hybridized carbons (Fsp3) is 0.471. The third-order valence-corrected chi connectivity index (χ3v) is 5.39. The molecule has 2 aliphatic rings. The molecule has 1 aromatic carbocycles. The monoisotopic (exact) mass is 394 g/mol. The molecule has 0 radical (unpaired) electrons. The number of aliphatic carboxylic acids is 1. The molecule has 8 heteroatoms. The summed E-state index contributed by atoms with van der Waals surface area (Å²) in [5, 5.41) is 9.01. The lowest BCUT2D eigenvalue weighted by Crippen LogP contribution is -2.41. The molecule has 1 N–H and O–H groups in total. The maximum atomic E-state index is 13.2. The molecule has 0 spiro atoms. The van der Waals surface area contributed by atoms with Crippen molar-refractivity contribution >= 4 is 34.2 Å². The number of fused-ring (bicyclic) bond motifs is 1. The molecule has 3 nitrogen and oxygen atoms in total. The number of carboxylic acids is 1. The van der Waals surface area contributed by atoms with E-state index in [1.807, 2.05) is 0 Å². The summed E-state index contributed by atoms with van der Waals surface area (Å²) in [7, 11) is 0. The topological polar surface area (TPSA) is 46.5 Å². The summed E-state index contributed by atoms with van der Waals surface area (Å²) >= 11 is 12.3. The molecule has 1 unspecified atom stereocenters. The van der Waals surface area contributed by atoms with Gasteiger partial charge in [0.25, 0.3) is 0 Å². The van der Waals surface area contributed by atoms with Crippen LogP contribution in [0.15, 0.2) is 17.7 Å². The summed E-state index contributed by atoms with van der Waals surface area (Å²) in [6.45, 7) is 0. The Labute approximate surface area is 152 Å². The molecule has 1 aliphatic heterocycles. The minimum atomic E-state index is -4.89. The van der Waals surface area contributed by atoms with Crippen molar-refractivity contribution in [3.05, 3.63) is 33.9 Å². The molecule has 0 saturated heterocycles. The predicted octanol–water partition coefficient (Wildman–Crippen LogP) is 5.75. The molecule has 1 heterocycles. The second kappa shape index (κ2) is 6.72. The number of halogens is 5. The van der Waals surface area contributed by atoms with E-state index in [1.165, 1.54) is 12.1 Å². The smallest absolute Gasteiger partial charge is 0.430 e. The summed E-state index contributed by atoms with van der Waals surface area (Å²) in [5.74, 6) is -1.70. The molecule has 3 rings (SSSR count). The summed E-state index contributed by atoms with van der Waals surface area (Å²) in [5.41, 5.74) is -0.225. The van der Waals surface area contributed by atoms with Crippen LogP contribution in [0.2, 0.25) is 5.02 Å². The molecule has 0 bridgehead atoms. The largest absolute Gasteiger partial charge is 0.478 e. The van der Waals surface area contributed by atoms with Gasteiger partial charge in [-0.3, -0.25) is 0 Å². The Morgan fingerprint density at radius 1 is 1.16 bits per heavy atom. The highest BCUT2D eigenvalue weighted by Crippen LogP contribution is 2.47. The van der Waals surface area contributed by atoms with Crippen LogP contribution in [0.5, 0.6) is 5.75 Å². The lowest BCUT2D eigenvalue weighted by molar-refractivity contribution is -0.187. The van der Waals surface area contributed by atoms with Crippen molar-refractivity contribution in [2.45, 2.75) is 50.3 Å². The molecule has 1 saturated carbocycles. The third-order valence-electron chi connectivity index (χ3n) is 4.65. The van der Waals surface area contributed by atoms with Crippen molar-refractivity contribution in [1.82, 2.24) is 0 Å². The number of rotatable bonds is 2. The van der Waals surface area contributed by atoms with Gasteiger partial charge in [0, 0.05) is 10.6 Å². The van der Waals surface area contributed by atoms with Gasteiger partial charge in [-0.05, 0) is 36.5 Å². The molecule has 136 valence electrons. The highest BCUT2D eigenvalue weighted by molar-refractivity contribution is 6.51. The molecule has 1 fully saturated rings. The molecule has 25 heavy (non-hydrogen) atoms. The standard InChI is InChI=1S/C17H15Cl2F3O3/c18-11-6-10-12(7-9(11)8-4-2-1-3-5-8)25-15(17(20,21)22)13(14(10)19)16(23)24/h6-8,15H,1-5H2,(H,23,24). The number of carboxylic acid groups (broad SMARTS) is 1. The van der Waals surface area contributed by atoms with E-state index in [1.54, 1.807) is 0 Å². The average Bonchev–Trinajstić information content (AvgIpc) is 2.54. The minimum absolute atomic E-state index is 0.0733. The first-order valence-electron chi connectivity index (χ1n) is 7.90. The zero-order valence-corrected chi connectivity index (χ0v) is 14.5. The van der Waals surface area contributed by atoms with Crippen LogP contribution >= 0.6 is 23.2 Å². The summed E-state index contributed by atoms with van der Waals surface area (Å²) < 4.78 is 44.8. The van der Waals surface area contributed by atoms with E-state index in [-0.39, 0.29) is 17.2 Å². The molecule has 1 aromatic rings. The number of alkyl halides is 3. The van der Waals surface area contributed by atoms with Gasteiger partial charge >= 0.3 is 12.1 Å². The van der Waals surface area contributed by atoms with Gasteiger partial charge in [-0.25, -0.2) is 4.79 Å². The van der Waals surface area contributed by atoms with Crippen LogP contribution in [0.1, 0.15) is 49.1 Å². The van der Waals surface area contributed by atoms with E-state index in [0.717, 1.165) is 37.7 Å². The van der Waals surface area contributed by atoms with E-state index in [2.05, 4.69) is 0 Å². The Bertz CT molecular complexity index is 737. The number of hydrogen-bond donors (Lipinski definition) is 1. The Hall–Kier alpha value is -1.40. The van der Waals surface area contributed by atoms with E-state index in [9.17, 15) is 18.0 Å². The van der Waals surface area contributed by atoms with Gasteiger partial charge in [-0.15, -0.1) is 0 Å². The first-order valence-corrected chi connectivity index (χ1v) is 8.66. The highest BCUT2D eigenvalue weighted by atomic mass is 35.5. The van der Waals surface area contributed by atoms with Gasteiger partial charge in [-0.1, -0.05) is 42.5 Å². The second-order valence-corrected chi connectivity index (χ2v) is 7.06. The average molecular weight is 395 g/mol. The maximum absolute atomic E-state index is 13.2. The quantitative estimate of drug-likeness (QED) is 0.694. The first-order chi connectivity index (χ1) is 11.7. The lowest BCUT2D eigenvalue weighted by Gasteiger charge is -2.30. The van der Waals surface area contributed by atoms with Crippen LogP contribution in [0.3, 0.4) is 0 Å². The van der Waals surface area contributed by atoms with Crippen LogP contribution in [-0.2, 0) is 4.79 Å². The summed E-state index contributed by atoms with van der Waals surface area (Å²) in [6, 6.07) is 2.88. The normalized spacial score (nSPS) is 21.7. The second-order valence-electron chi connectivity index (χ2n) is 6.28. The Kier molecular flexibility index (Phi) is 4.95. The number of benzene rings is 1. The number of ether oxygens (including phenoxy) is 1. The number of hydrogen-bond acceptors (Lipinski definition) is 2. The van der Waals surface area contributed by atoms with E-state index in [0.29, 0.717) is 5.02 Å². The van der Waals surface area contributed by atoms with Crippen LogP contribution in [0, 0.1) is 0 Å². The number of carbonyl (C=O) groups is 1. The van der Waals surface area contributed by atoms with Crippen molar-refractivity contribution in [3.63, 3.8) is 0 Å².